The lowest BCUT2D eigenvalue weighted by molar-refractivity contribution is -0.152. The van der Waals surface area contributed by atoms with E-state index in [0.29, 0.717) is 11.0 Å². The molecule has 2 aromatic carbocycles. The first-order valence-electron chi connectivity index (χ1n) is 16.0. The van der Waals surface area contributed by atoms with Crippen LogP contribution in [0, 0.1) is 36.3 Å². The summed E-state index contributed by atoms with van der Waals surface area (Å²) in [7, 11) is -2.87. The van der Waals surface area contributed by atoms with Crippen molar-refractivity contribution in [1.82, 2.24) is 18.9 Å². The van der Waals surface area contributed by atoms with E-state index in [1.165, 1.54) is 25.4 Å². The molecule has 0 spiro atoms. The van der Waals surface area contributed by atoms with Gasteiger partial charge in [-0.15, -0.1) is 0 Å². The minimum atomic E-state index is -4.21. The molecule has 1 N–H and O–H groups in total. The van der Waals surface area contributed by atoms with Gasteiger partial charge in [-0.25, -0.2) is 36.1 Å². The highest BCUT2D eigenvalue weighted by atomic mass is 32.2. The Bertz CT molecular complexity index is 2330. The summed E-state index contributed by atoms with van der Waals surface area (Å²) in [6.45, 7) is 1.84. The number of esters is 1. The maximum Gasteiger partial charge on any atom is 0.311 e. The second kappa shape index (κ2) is 11.8. The molecule has 0 aliphatic heterocycles. The summed E-state index contributed by atoms with van der Waals surface area (Å²) >= 11 is 0. The molecule has 0 radical (unpaired) electrons. The van der Waals surface area contributed by atoms with Crippen molar-refractivity contribution < 1.29 is 31.1 Å². The van der Waals surface area contributed by atoms with Gasteiger partial charge >= 0.3 is 5.97 Å². The lowest BCUT2D eigenvalue weighted by Crippen LogP contribution is -2.52. The normalized spacial score (nSPS) is 20.6. The predicted molar refractivity (Wildman–Crippen MR) is 178 cm³/mol. The second-order valence-electron chi connectivity index (χ2n) is 12.8. The molecule has 2 atom stereocenters. The molecule has 2 unspecified atom stereocenters. The average molecular weight is 684 g/mol. The predicted octanol–water partition coefficient (Wildman–Crippen LogP) is 7.12. The number of carbonyl (C=O) groups is 1. The van der Waals surface area contributed by atoms with Gasteiger partial charge in [0.2, 0.25) is 0 Å². The summed E-state index contributed by atoms with van der Waals surface area (Å²) in [5.74, 6) is -2.43. The van der Waals surface area contributed by atoms with E-state index < -0.39 is 33.6 Å². The number of ether oxygens (including phenoxy) is 1. The number of fused-ring (bicyclic) bond motifs is 5. The Labute approximate surface area is 280 Å². The third-order valence-electron chi connectivity index (χ3n) is 9.90. The van der Waals surface area contributed by atoms with Gasteiger partial charge in [0, 0.05) is 28.6 Å². The largest absolute Gasteiger partial charge is 0.469 e. The molecule has 4 aromatic heterocycles. The fourth-order valence-electron chi connectivity index (χ4n) is 7.45. The van der Waals surface area contributed by atoms with Gasteiger partial charge in [-0.3, -0.25) is 4.79 Å². The zero-order valence-corrected chi connectivity index (χ0v) is 27.4. The Hall–Kier alpha value is -5.17. The van der Waals surface area contributed by atoms with Crippen molar-refractivity contribution in [2.24, 2.45) is 17.8 Å². The first-order valence-corrected chi connectivity index (χ1v) is 17.5. The summed E-state index contributed by atoms with van der Waals surface area (Å²) in [4.78, 5) is 26.3. The monoisotopic (exact) mass is 683 g/mol. The lowest BCUT2D eigenvalue weighted by Gasteiger charge is -2.47. The van der Waals surface area contributed by atoms with Crippen LogP contribution in [0.3, 0.4) is 0 Å². The highest BCUT2D eigenvalue weighted by Crippen LogP contribution is 2.47. The Morgan fingerprint density at radius 1 is 1.00 bits per heavy atom. The summed E-state index contributed by atoms with van der Waals surface area (Å²) in [6, 6.07) is 15.8. The SMILES string of the molecule is COC(=O)C1C2CCC(CC2)C1Nc1nc(-c2cn(S(=O)(=O)c3ccc(C)cc3)c3ncc(F)cc23)nc(-c2cc3ccccc3o2)c1F. The minimum Gasteiger partial charge on any atom is -0.469 e. The van der Waals surface area contributed by atoms with E-state index in [1.807, 2.05) is 19.1 Å². The molecule has 49 heavy (non-hydrogen) atoms. The number of anilines is 1. The van der Waals surface area contributed by atoms with E-state index >= 15 is 4.39 Å². The maximum absolute atomic E-state index is 16.7. The highest BCUT2D eigenvalue weighted by Gasteiger charge is 2.48. The van der Waals surface area contributed by atoms with Gasteiger partial charge in [-0.1, -0.05) is 35.9 Å². The number of methoxy groups -OCH3 is 1. The van der Waals surface area contributed by atoms with Crippen molar-refractivity contribution in [3.63, 3.8) is 0 Å². The van der Waals surface area contributed by atoms with Crippen molar-refractivity contribution >= 4 is 43.8 Å². The summed E-state index contributed by atoms with van der Waals surface area (Å²) in [5, 5.41) is 4.07. The number of pyridine rings is 1. The first kappa shape index (κ1) is 31.1. The van der Waals surface area contributed by atoms with Crippen LogP contribution in [0.4, 0.5) is 14.6 Å². The first-order chi connectivity index (χ1) is 23.6. The smallest absolute Gasteiger partial charge is 0.311 e. The summed E-state index contributed by atoms with van der Waals surface area (Å²) < 4.78 is 71.4. The topological polar surface area (TPSA) is 129 Å². The Kier molecular flexibility index (Phi) is 7.47. The van der Waals surface area contributed by atoms with Crippen LogP contribution in [-0.2, 0) is 19.6 Å². The fourth-order valence-corrected chi connectivity index (χ4v) is 8.78. The Morgan fingerprint density at radius 3 is 2.47 bits per heavy atom. The number of halogens is 2. The number of carbonyl (C=O) groups excluding carboxylic acids is 1. The maximum atomic E-state index is 16.7. The van der Waals surface area contributed by atoms with Crippen LogP contribution in [0.2, 0.25) is 0 Å². The molecule has 10 nitrogen and oxygen atoms in total. The van der Waals surface area contributed by atoms with Crippen LogP contribution in [0.15, 0.2) is 82.4 Å². The van der Waals surface area contributed by atoms with Gasteiger partial charge in [0.15, 0.2) is 28.9 Å². The molecule has 13 heteroatoms. The number of benzene rings is 2. The van der Waals surface area contributed by atoms with Crippen LogP contribution >= 0.6 is 0 Å². The van der Waals surface area contributed by atoms with Gasteiger partial charge in [0.1, 0.15) is 17.1 Å². The van der Waals surface area contributed by atoms with Gasteiger partial charge in [0.05, 0.1) is 24.1 Å². The number of nitrogens with zero attached hydrogens (tertiary/aromatic N) is 4. The number of hydrogen-bond donors (Lipinski definition) is 1. The van der Waals surface area contributed by atoms with Crippen LogP contribution in [0.25, 0.3) is 44.8 Å². The molecule has 0 saturated heterocycles. The van der Waals surface area contributed by atoms with Gasteiger partial charge in [-0.2, -0.15) is 0 Å². The third-order valence-corrected chi connectivity index (χ3v) is 11.6. The molecular weight excluding hydrogens is 652 g/mol. The number of furan rings is 1. The number of rotatable bonds is 7. The molecule has 4 heterocycles. The highest BCUT2D eigenvalue weighted by molar-refractivity contribution is 7.90. The molecule has 9 rings (SSSR count). The van der Waals surface area contributed by atoms with E-state index in [0.717, 1.165) is 47.5 Å². The van der Waals surface area contributed by atoms with Crippen LogP contribution in [-0.4, -0.2) is 46.5 Å². The molecule has 3 saturated carbocycles. The fraction of sp³-hybridized carbons (Fsp3) is 0.278. The third kappa shape index (κ3) is 5.23. The molecule has 0 amide bonds. The lowest BCUT2D eigenvalue weighted by atomic mass is 9.61. The number of aromatic nitrogens is 4. The van der Waals surface area contributed by atoms with Crippen molar-refractivity contribution in [2.75, 3.05) is 12.4 Å². The second-order valence-corrected chi connectivity index (χ2v) is 14.6. The van der Waals surface area contributed by atoms with E-state index in [4.69, 9.17) is 9.15 Å². The zero-order chi connectivity index (χ0) is 34.0. The Morgan fingerprint density at radius 2 is 1.73 bits per heavy atom. The number of aryl methyl sites for hydroxylation is 1. The Balaban J connectivity index is 1.33. The van der Waals surface area contributed by atoms with Crippen LogP contribution in [0.5, 0.6) is 0 Å². The molecule has 3 aliphatic carbocycles. The minimum absolute atomic E-state index is 0.000719. The van der Waals surface area contributed by atoms with E-state index in [-0.39, 0.29) is 62.4 Å². The zero-order valence-electron chi connectivity index (χ0n) is 26.6. The van der Waals surface area contributed by atoms with Gasteiger partial charge < -0.3 is 14.5 Å². The molecule has 3 fully saturated rings. The number of para-hydroxylation sites is 1. The van der Waals surface area contributed by atoms with Crippen molar-refractivity contribution in [1.29, 1.82) is 0 Å². The van der Waals surface area contributed by atoms with Crippen LogP contribution in [0.1, 0.15) is 31.2 Å². The molecular formula is C36H31F2N5O5S. The van der Waals surface area contributed by atoms with Crippen LogP contribution < -0.4 is 5.32 Å². The standard InChI is InChI=1S/C36H31F2N5O5S/c1-19-7-13-24(14-8-19)49(45,46)43-18-26(25-16-23(37)17-39-35(25)43)33-41-32(28-15-22-5-3-4-6-27(22)48-28)30(38)34(42-33)40-31-21-11-9-20(10-12-21)29(31)36(44)47-2/h3-8,13-18,20-21,29,31H,9-12H2,1-2H3,(H,40,41,42). The molecule has 3 aliphatic rings. The molecule has 250 valence electrons. The van der Waals surface area contributed by atoms with Crippen molar-refractivity contribution in [3.05, 3.63) is 90.3 Å². The van der Waals surface area contributed by atoms with Gasteiger partial charge in [-0.05, 0) is 74.8 Å². The quantitative estimate of drug-likeness (QED) is 0.175. The number of hydrogen-bond acceptors (Lipinski definition) is 9. The number of nitrogens with one attached hydrogen (secondary N) is 1. The molecule has 2 bridgehead atoms. The summed E-state index contributed by atoms with van der Waals surface area (Å²) in [6.07, 6.45) is 5.67. The molecule has 6 aromatic rings. The summed E-state index contributed by atoms with van der Waals surface area (Å²) in [5.41, 5.74) is 1.24. The van der Waals surface area contributed by atoms with E-state index in [1.54, 1.807) is 30.3 Å². The average Bonchev–Trinajstić information content (AvgIpc) is 3.72. The van der Waals surface area contributed by atoms with Crippen molar-refractivity contribution in [2.45, 2.75) is 43.5 Å². The van der Waals surface area contributed by atoms with Crippen molar-refractivity contribution in [3.8, 4) is 22.8 Å². The van der Waals surface area contributed by atoms with E-state index in [9.17, 15) is 17.6 Å². The van der Waals surface area contributed by atoms with E-state index in [2.05, 4.69) is 20.3 Å². The van der Waals surface area contributed by atoms with Gasteiger partial charge in [0.25, 0.3) is 10.0 Å².